The van der Waals surface area contributed by atoms with Gasteiger partial charge in [-0.05, 0) is 26.3 Å². The molecule has 1 aliphatic heterocycles. The van der Waals surface area contributed by atoms with Crippen LogP contribution in [0.5, 0.6) is 0 Å². The molecule has 3 heteroatoms. The highest BCUT2D eigenvalue weighted by Crippen LogP contribution is 2.10. The van der Waals surface area contributed by atoms with Crippen molar-refractivity contribution in [3.8, 4) is 12.3 Å². The fourth-order valence-electron chi connectivity index (χ4n) is 1.66. The number of carbonyl (C=O) groups excluding carboxylic acids is 1. The number of carbonyl (C=O) groups is 1. The van der Waals surface area contributed by atoms with Crippen molar-refractivity contribution in [2.75, 3.05) is 13.1 Å². The minimum absolute atomic E-state index is 0.0921. The first kappa shape index (κ1) is 11.1. The van der Waals surface area contributed by atoms with Crippen LogP contribution in [0, 0.1) is 18.3 Å². The van der Waals surface area contributed by atoms with Gasteiger partial charge in [-0.15, -0.1) is 12.3 Å². The van der Waals surface area contributed by atoms with Crippen LogP contribution in [0.15, 0.2) is 0 Å². The highest BCUT2D eigenvalue weighted by atomic mass is 16.1. The maximum Gasteiger partial charge on any atom is 0.224 e. The molecular formula is C11H18N2O. The summed E-state index contributed by atoms with van der Waals surface area (Å²) in [5.74, 6) is 2.81. The van der Waals surface area contributed by atoms with Crippen LogP contribution in [0.4, 0.5) is 0 Å². The van der Waals surface area contributed by atoms with E-state index in [9.17, 15) is 4.79 Å². The molecular weight excluding hydrogens is 176 g/mol. The molecule has 0 spiro atoms. The van der Waals surface area contributed by atoms with E-state index >= 15 is 0 Å². The van der Waals surface area contributed by atoms with E-state index in [1.807, 2.05) is 6.92 Å². The molecule has 1 heterocycles. The number of hydrogen-bond acceptors (Lipinski definition) is 2. The minimum Gasteiger partial charge on any atom is -0.352 e. The molecule has 1 fully saturated rings. The summed E-state index contributed by atoms with van der Waals surface area (Å²) >= 11 is 0. The van der Waals surface area contributed by atoms with Gasteiger partial charge in [0.05, 0.1) is 5.92 Å². The zero-order valence-electron chi connectivity index (χ0n) is 8.68. The van der Waals surface area contributed by atoms with Gasteiger partial charge in [0.15, 0.2) is 0 Å². The Hall–Kier alpha value is -1.01. The van der Waals surface area contributed by atoms with Gasteiger partial charge in [-0.3, -0.25) is 4.79 Å². The third-order valence-corrected chi connectivity index (χ3v) is 2.48. The van der Waals surface area contributed by atoms with Crippen molar-refractivity contribution in [1.29, 1.82) is 0 Å². The Morgan fingerprint density at radius 3 is 3.14 bits per heavy atom. The normalized spacial score (nSPS) is 23.6. The molecule has 1 rings (SSSR count). The largest absolute Gasteiger partial charge is 0.352 e. The lowest BCUT2D eigenvalue weighted by molar-refractivity contribution is -0.126. The van der Waals surface area contributed by atoms with Crippen LogP contribution >= 0.6 is 0 Å². The van der Waals surface area contributed by atoms with Gasteiger partial charge in [0.2, 0.25) is 5.91 Å². The van der Waals surface area contributed by atoms with Gasteiger partial charge >= 0.3 is 0 Å². The third kappa shape index (κ3) is 3.39. The fraction of sp³-hybridized carbons (Fsp3) is 0.727. The highest BCUT2D eigenvalue weighted by Gasteiger charge is 2.21. The summed E-state index contributed by atoms with van der Waals surface area (Å²) in [5, 5.41) is 6.15. The summed E-state index contributed by atoms with van der Waals surface area (Å²) in [6.07, 6.45) is 7.85. The second-order valence-corrected chi connectivity index (χ2v) is 3.86. The van der Waals surface area contributed by atoms with Gasteiger partial charge in [-0.1, -0.05) is 0 Å². The quantitative estimate of drug-likeness (QED) is 0.643. The predicted molar refractivity (Wildman–Crippen MR) is 56.6 cm³/mol. The molecule has 0 aromatic carbocycles. The Morgan fingerprint density at radius 1 is 1.79 bits per heavy atom. The van der Waals surface area contributed by atoms with Gasteiger partial charge in [0, 0.05) is 19.0 Å². The summed E-state index contributed by atoms with van der Waals surface area (Å²) in [4.78, 5) is 11.7. The Morgan fingerprint density at radius 2 is 2.57 bits per heavy atom. The molecule has 3 nitrogen and oxygen atoms in total. The SMILES string of the molecule is C#CCC(C)NC(=O)[C@@H]1CCCNC1. The number of nitrogens with one attached hydrogen (secondary N) is 2. The number of piperidine rings is 1. The molecule has 2 N–H and O–H groups in total. The van der Waals surface area contributed by atoms with Crippen LogP contribution in [-0.4, -0.2) is 25.0 Å². The lowest BCUT2D eigenvalue weighted by Crippen LogP contribution is -2.43. The number of terminal acetylenes is 1. The predicted octanol–water partition coefficient (Wildman–Crippen LogP) is 0.514. The van der Waals surface area contributed by atoms with E-state index in [1.54, 1.807) is 0 Å². The van der Waals surface area contributed by atoms with Crippen LogP contribution in [0.3, 0.4) is 0 Å². The summed E-state index contributed by atoms with van der Waals surface area (Å²) < 4.78 is 0. The molecule has 0 aliphatic carbocycles. The first-order chi connectivity index (χ1) is 6.74. The summed E-state index contributed by atoms with van der Waals surface area (Å²) in [6, 6.07) is 0.0921. The van der Waals surface area contributed by atoms with Crippen LogP contribution in [-0.2, 0) is 4.79 Å². The van der Waals surface area contributed by atoms with E-state index in [2.05, 4.69) is 16.6 Å². The third-order valence-electron chi connectivity index (χ3n) is 2.48. The standard InChI is InChI=1S/C11H18N2O/c1-3-5-9(2)13-11(14)10-6-4-7-12-8-10/h1,9-10,12H,4-8H2,2H3,(H,13,14)/t9?,10-/m1/s1. The highest BCUT2D eigenvalue weighted by molar-refractivity contribution is 5.79. The van der Waals surface area contributed by atoms with Crippen LogP contribution in [0.2, 0.25) is 0 Å². The second kappa shape index (κ2) is 5.66. The molecule has 1 unspecified atom stereocenters. The Labute approximate surface area is 85.6 Å². The second-order valence-electron chi connectivity index (χ2n) is 3.86. The maximum absolute atomic E-state index is 11.7. The van der Waals surface area contributed by atoms with Crippen molar-refractivity contribution in [2.45, 2.75) is 32.2 Å². The molecule has 0 bridgehead atoms. The van der Waals surface area contributed by atoms with Crippen molar-refractivity contribution in [3.63, 3.8) is 0 Å². The van der Waals surface area contributed by atoms with E-state index < -0.39 is 0 Å². The Kier molecular flexibility index (Phi) is 4.48. The Balaban J connectivity index is 2.30. The van der Waals surface area contributed by atoms with Crippen molar-refractivity contribution in [3.05, 3.63) is 0 Å². The fourth-order valence-corrected chi connectivity index (χ4v) is 1.66. The molecule has 1 saturated heterocycles. The van der Waals surface area contributed by atoms with Gasteiger partial charge in [-0.2, -0.15) is 0 Å². The first-order valence-corrected chi connectivity index (χ1v) is 5.18. The summed E-state index contributed by atoms with van der Waals surface area (Å²) in [5.41, 5.74) is 0. The van der Waals surface area contributed by atoms with E-state index in [0.717, 1.165) is 25.9 Å². The zero-order valence-corrected chi connectivity index (χ0v) is 8.68. The number of hydrogen-bond donors (Lipinski definition) is 2. The van der Waals surface area contributed by atoms with Crippen molar-refractivity contribution < 1.29 is 4.79 Å². The lowest BCUT2D eigenvalue weighted by Gasteiger charge is -2.23. The summed E-state index contributed by atoms with van der Waals surface area (Å²) in [6.45, 7) is 3.77. The van der Waals surface area contributed by atoms with Crippen molar-refractivity contribution in [2.24, 2.45) is 5.92 Å². The van der Waals surface area contributed by atoms with Crippen LogP contribution < -0.4 is 10.6 Å². The number of rotatable bonds is 3. The molecule has 0 aromatic heterocycles. The van der Waals surface area contributed by atoms with Crippen molar-refractivity contribution in [1.82, 2.24) is 10.6 Å². The molecule has 14 heavy (non-hydrogen) atoms. The van der Waals surface area contributed by atoms with E-state index in [1.165, 1.54) is 0 Å². The monoisotopic (exact) mass is 194 g/mol. The average Bonchev–Trinajstić information content (AvgIpc) is 2.19. The van der Waals surface area contributed by atoms with Crippen LogP contribution in [0.25, 0.3) is 0 Å². The first-order valence-electron chi connectivity index (χ1n) is 5.18. The molecule has 0 aromatic rings. The van der Waals surface area contributed by atoms with Gasteiger partial charge in [0.25, 0.3) is 0 Å². The molecule has 0 saturated carbocycles. The molecule has 1 aliphatic rings. The van der Waals surface area contributed by atoms with E-state index in [-0.39, 0.29) is 17.9 Å². The lowest BCUT2D eigenvalue weighted by atomic mass is 9.98. The molecule has 0 radical (unpaired) electrons. The maximum atomic E-state index is 11.7. The number of amides is 1. The van der Waals surface area contributed by atoms with Crippen molar-refractivity contribution >= 4 is 5.91 Å². The van der Waals surface area contributed by atoms with E-state index in [0.29, 0.717) is 6.42 Å². The Bertz CT molecular complexity index is 226. The topological polar surface area (TPSA) is 41.1 Å². The van der Waals surface area contributed by atoms with E-state index in [4.69, 9.17) is 6.42 Å². The zero-order chi connectivity index (χ0) is 10.4. The molecule has 2 atom stereocenters. The summed E-state index contributed by atoms with van der Waals surface area (Å²) in [7, 11) is 0. The smallest absolute Gasteiger partial charge is 0.224 e. The molecule has 78 valence electrons. The van der Waals surface area contributed by atoms with Gasteiger partial charge in [0.1, 0.15) is 0 Å². The molecule has 1 amide bonds. The van der Waals surface area contributed by atoms with Crippen LogP contribution in [0.1, 0.15) is 26.2 Å². The van der Waals surface area contributed by atoms with Gasteiger partial charge in [-0.25, -0.2) is 0 Å². The van der Waals surface area contributed by atoms with Gasteiger partial charge < -0.3 is 10.6 Å². The minimum atomic E-state index is 0.0921. The average molecular weight is 194 g/mol.